The van der Waals surface area contributed by atoms with Crippen molar-refractivity contribution in [2.75, 3.05) is 23.9 Å². The van der Waals surface area contributed by atoms with Crippen molar-refractivity contribution in [1.29, 1.82) is 0 Å². The third-order valence-corrected chi connectivity index (χ3v) is 6.01. The largest absolute Gasteiger partial charge is 0.495 e. The Hall–Kier alpha value is -2.32. The highest BCUT2D eigenvalue weighted by atomic mass is 35.5. The van der Waals surface area contributed by atoms with E-state index in [2.05, 4.69) is 15.6 Å². The van der Waals surface area contributed by atoms with Gasteiger partial charge >= 0.3 is 0 Å². The summed E-state index contributed by atoms with van der Waals surface area (Å²) >= 11 is 6.00. The highest BCUT2D eigenvalue weighted by molar-refractivity contribution is 7.91. The number of anilines is 2. The molecule has 1 fully saturated rings. The number of amides is 1. The maximum Gasteiger partial charge on any atom is 0.270 e. The predicted octanol–water partition coefficient (Wildman–Crippen LogP) is 2.40. The fourth-order valence-electron chi connectivity index (χ4n) is 2.70. The Morgan fingerprint density at radius 3 is 2.73 bits per heavy atom. The second-order valence-electron chi connectivity index (χ2n) is 5.98. The third kappa shape index (κ3) is 4.44. The van der Waals surface area contributed by atoms with Gasteiger partial charge in [-0.3, -0.25) is 4.79 Å². The standard InChI is InChI=1S/C17H18ClN3O4S/c1-25-16-5-2-11(18)8-15(16)20-12-3-4-14(19-9-12)17(22)21-13-6-7-26(23,24)10-13/h2-5,8-9,13,20H,6-7,10H2,1H3,(H,21,22). The van der Waals surface area contributed by atoms with Crippen molar-refractivity contribution >= 4 is 38.7 Å². The van der Waals surface area contributed by atoms with Crippen molar-refractivity contribution in [3.8, 4) is 5.75 Å². The van der Waals surface area contributed by atoms with Gasteiger partial charge < -0.3 is 15.4 Å². The molecule has 0 spiro atoms. The Labute approximate surface area is 156 Å². The number of aromatic nitrogens is 1. The summed E-state index contributed by atoms with van der Waals surface area (Å²) in [5.74, 6) is 0.320. The molecule has 1 aromatic heterocycles. The lowest BCUT2D eigenvalue weighted by molar-refractivity contribution is 0.0936. The van der Waals surface area contributed by atoms with Gasteiger partial charge in [0.05, 0.1) is 36.2 Å². The van der Waals surface area contributed by atoms with Crippen molar-refractivity contribution in [1.82, 2.24) is 10.3 Å². The number of rotatable bonds is 5. The Morgan fingerprint density at radius 2 is 2.12 bits per heavy atom. The summed E-state index contributed by atoms with van der Waals surface area (Å²) in [5.41, 5.74) is 1.55. The molecule has 0 saturated carbocycles. The van der Waals surface area contributed by atoms with E-state index in [-0.39, 0.29) is 29.1 Å². The molecule has 3 rings (SSSR count). The number of nitrogens with zero attached hydrogens (tertiary/aromatic N) is 1. The van der Waals surface area contributed by atoms with Crippen LogP contribution in [0.4, 0.5) is 11.4 Å². The summed E-state index contributed by atoms with van der Waals surface area (Å²) in [4.78, 5) is 16.3. The molecule has 1 aromatic carbocycles. The van der Waals surface area contributed by atoms with Crippen molar-refractivity contribution < 1.29 is 17.9 Å². The number of carbonyl (C=O) groups excluding carboxylic acids is 1. The van der Waals surface area contributed by atoms with E-state index in [1.165, 1.54) is 6.20 Å². The molecule has 1 amide bonds. The molecular formula is C17H18ClN3O4S. The molecule has 0 bridgehead atoms. The van der Waals surface area contributed by atoms with Gasteiger partial charge in [0, 0.05) is 11.1 Å². The molecule has 1 saturated heterocycles. The number of benzene rings is 1. The molecule has 2 N–H and O–H groups in total. The zero-order chi connectivity index (χ0) is 18.7. The maximum atomic E-state index is 12.2. The van der Waals surface area contributed by atoms with Crippen LogP contribution in [0, 0.1) is 0 Å². The minimum absolute atomic E-state index is 0.0209. The minimum atomic E-state index is -3.04. The molecule has 2 heterocycles. The van der Waals surface area contributed by atoms with Gasteiger partial charge in [0.2, 0.25) is 0 Å². The summed E-state index contributed by atoms with van der Waals surface area (Å²) < 4.78 is 28.2. The number of halogens is 1. The van der Waals surface area contributed by atoms with E-state index in [0.29, 0.717) is 28.6 Å². The zero-order valence-corrected chi connectivity index (χ0v) is 15.6. The lowest BCUT2D eigenvalue weighted by Crippen LogP contribution is -2.36. The lowest BCUT2D eigenvalue weighted by atomic mass is 10.2. The highest BCUT2D eigenvalue weighted by Gasteiger charge is 2.29. The van der Waals surface area contributed by atoms with Gasteiger partial charge in [-0.2, -0.15) is 0 Å². The van der Waals surface area contributed by atoms with Gasteiger partial charge in [0.25, 0.3) is 5.91 Å². The number of nitrogens with one attached hydrogen (secondary N) is 2. The summed E-state index contributed by atoms with van der Waals surface area (Å²) in [6, 6.07) is 8.10. The van der Waals surface area contributed by atoms with Gasteiger partial charge in [-0.05, 0) is 36.8 Å². The van der Waals surface area contributed by atoms with Crippen LogP contribution in [0.2, 0.25) is 5.02 Å². The first-order valence-electron chi connectivity index (χ1n) is 7.94. The number of methoxy groups -OCH3 is 1. The number of hydrogen-bond donors (Lipinski definition) is 2. The first-order valence-corrected chi connectivity index (χ1v) is 10.1. The number of pyridine rings is 1. The maximum absolute atomic E-state index is 12.2. The van der Waals surface area contributed by atoms with E-state index in [9.17, 15) is 13.2 Å². The quantitative estimate of drug-likeness (QED) is 0.806. The molecule has 9 heteroatoms. The predicted molar refractivity (Wildman–Crippen MR) is 100 cm³/mol. The summed E-state index contributed by atoms with van der Waals surface area (Å²) in [7, 11) is -1.48. The number of hydrogen-bond acceptors (Lipinski definition) is 6. The summed E-state index contributed by atoms with van der Waals surface area (Å²) in [6.07, 6.45) is 1.95. The van der Waals surface area contributed by atoms with E-state index in [4.69, 9.17) is 16.3 Å². The third-order valence-electron chi connectivity index (χ3n) is 4.00. The van der Waals surface area contributed by atoms with E-state index < -0.39 is 9.84 Å². The van der Waals surface area contributed by atoms with Crippen LogP contribution >= 0.6 is 11.6 Å². The van der Waals surface area contributed by atoms with Crippen LogP contribution in [0.15, 0.2) is 36.5 Å². The first kappa shape index (κ1) is 18.5. The van der Waals surface area contributed by atoms with E-state index >= 15 is 0 Å². The molecule has 1 atom stereocenters. The Morgan fingerprint density at radius 1 is 1.31 bits per heavy atom. The van der Waals surface area contributed by atoms with Gasteiger partial charge in [-0.25, -0.2) is 13.4 Å². The normalized spacial score (nSPS) is 18.3. The second-order valence-corrected chi connectivity index (χ2v) is 8.64. The molecule has 1 aliphatic heterocycles. The van der Waals surface area contributed by atoms with Crippen LogP contribution in [-0.4, -0.2) is 44.0 Å². The van der Waals surface area contributed by atoms with Crippen molar-refractivity contribution in [2.45, 2.75) is 12.5 Å². The highest BCUT2D eigenvalue weighted by Crippen LogP contribution is 2.30. The van der Waals surface area contributed by atoms with Crippen molar-refractivity contribution in [3.63, 3.8) is 0 Å². The van der Waals surface area contributed by atoms with Crippen LogP contribution in [0.1, 0.15) is 16.9 Å². The van der Waals surface area contributed by atoms with E-state index in [1.807, 2.05) is 0 Å². The van der Waals surface area contributed by atoms with Crippen LogP contribution in [0.3, 0.4) is 0 Å². The average molecular weight is 396 g/mol. The number of carbonyl (C=O) groups is 1. The molecule has 2 aromatic rings. The van der Waals surface area contributed by atoms with Crippen molar-refractivity contribution in [2.24, 2.45) is 0 Å². The molecule has 138 valence electrons. The Balaban J connectivity index is 1.67. The van der Waals surface area contributed by atoms with Crippen LogP contribution in [0.25, 0.3) is 0 Å². The average Bonchev–Trinajstić information content (AvgIpc) is 2.94. The van der Waals surface area contributed by atoms with Crippen LogP contribution < -0.4 is 15.4 Å². The molecule has 0 aliphatic carbocycles. The number of ether oxygens (including phenoxy) is 1. The molecule has 7 nitrogen and oxygen atoms in total. The molecule has 1 aliphatic rings. The Kier molecular flexibility index (Phi) is 5.33. The number of sulfone groups is 1. The minimum Gasteiger partial charge on any atom is -0.495 e. The fourth-order valence-corrected chi connectivity index (χ4v) is 4.55. The van der Waals surface area contributed by atoms with E-state index in [1.54, 1.807) is 37.4 Å². The summed E-state index contributed by atoms with van der Waals surface area (Å²) in [5, 5.41) is 6.40. The van der Waals surface area contributed by atoms with Crippen LogP contribution in [0.5, 0.6) is 5.75 Å². The van der Waals surface area contributed by atoms with Gasteiger partial charge in [-0.15, -0.1) is 0 Å². The Bertz CT molecular complexity index is 916. The molecular weight excluding hydrogens is 378 g/mol. The SMILES string of the molecule is COc1ccc(Cl)cc1Nc1ccc(C(=O)NC2CCS(=O)(=O)C2)nc1. The molecule has 1 unspecified atom stereocenters. The van der Waals surface area contributed by atoms with Gasteiger partial charge in [0.1, 0.15) is 11.4 Å². The molecule has 26 heavy (non-hydrogen) atoms. The van der Waals surface area contributed by atoms with Gasteiger partial charge in [0.15, 0.2) is 9.84 Å². The second kappa shape index (κ2) is 7.51. The van der Waals surface area contributed by atoms with E-state index in [0.717, 1.165) is 0 Å². The van der Waals surface area contributed by atoms with Crippen molar-refractivity contribution in [3.05, 3.63) is 47.2 Å². The smallest absolute Gasteiger partial charge is 0.270 e. The van der Waals surface area contributed by atoms with Gasteiger partial charge in [-0.1, -0.05) is 11.6 Å². The zero-order valence-electron chi connectivity index (χ0n) is 14.0. The summed E-state index contributed by atoms with van der Waals surface area (Å²) in [6.45, 7) is 0. The topological polar surface area (TPSA) is 97.4 Å². The first-order chi connectivity index (χ1) is 12.4. The lowest BCUT2D eigenvalue weighted by Gasteiger charge is -2.12. The van der Waals surface area contributed by atoms with Crippen LogP contribution in [-0.2, 0) is 9.84 Å². The molecule has 0 radical (unpaired) electrons. The monoisotopic (exact) mass is 395 g/mol. The fraction of sp³-hybridized carbons (Fsp3) is 0.294.